The Morgan fingerprint density at radius 1 is 1.04 bits per heavy atom. The van der Waals surface area contributed by atoms with Gasteiger partial charge in [0.2, 0.25) is 10.0 Å². The van der Waals surface area contributed by atoms with Crippen LogP contribution >= 0.6 is 0 Å². The van der Waals surface area contributed by atoms with Gasteiger partial charge in [-0.05, 0) is 37.1 Å². The van der Waals surface area contributed by atoms with Gasteiger partial charge in [0.15, 0.2) is 5.58 Å². The fraction of sp³-hybridized carbons (Fsp3) is 0.263. The van der Waals surface area contributed by atoms with Crippen molar-refractivity contribution in [2.45, 2.75) is 23.7 Å². The molecule has 1 fully saturated rings. The first-order chi connectivity index (χ1) is 13.5. The molecule has 0 atom stereocenters. The third-order valence-corrected chi connectivity index (χ3v) is 7.17. The Morgan fingerprint density at radius 3 is 2.61 bits per heavy atom. The first-order valence-corrected chi connectivity index (χ1v) is 10.5. The molecule has 1 aliphatic rings. The van der Waals surface area contributed by atoms with Crippen LogP contribution in [0, 0.1) is 0 Å². The van der Waals surface area contributed by atoms with Crippen LogP contribution in [0.5, 0.6) is 0 Å². The minimum Gasteiger partial charge on any atom is -0.408 e. The number of oxazole rings is 1. The summed E-state index contributed by atoms with van der Waals surface area (Å²) < 4.78 is 32.5. The lowest BCUT2D eigenvalue weighted by Crippen LogP contribution is -2.38. The number of nitrogens with one attached hydrogen (secondary N) is 2. The summed E-state index contributed by atoms with van der Waals surface area (Å²) in [6, 6.07) is 12.3. The van der Waals surface area contributed by atoms with Gasteiger partial charge in [-0.1, -0.05) is 12.1 Å². The Labute approximate surface area is 160 Å². The molecule has 1 aliphatic heterocycles. The predicted molar refractivity (Wildman–Crippen MR) is 104 cm³/mol. The maximum atomic E-state index is 13.0. The molecular formula is C19H18N4O4S. The van der Waals surface area contributed by atoms with Crippen LogP contribution in [0.4, 0.5) is 0 Å². The van der Waals surface area contributed by atoms with E-state index < -0.39 is 15.8 Å². The van der Waals surface area contributed by atoms with Gasteiger partial charge in [0.25, 0.3) is 0 Å². The van der Waals surface area contributed by atoms with Crippen molar-refractivity contribution in [3.8, 4) is 0 Å². The lowest BCUT2D eigenvalue weighted by atomic mass is 9.97. The zero-order valence-electron chi connectivity index (χ0n) is 14.9. The maximum absolute atomic E-state index is 13.0. The number of imidazole rings is 1. The second-order valence-electron chi connectivity index (χ2n) is 6.99. The molecule has 1 saturated heterocycles. The summed E-state index contributed by atoms with van der Waals surface area (Å²) in [4.78, 5) is 21.9. The Kier molecular flexibility index (Phi) is 3.88. The SMILES string of the molecule is O=c1[nH]c2ccc(S(=O)(=O)N3CCC(c4nc5ccccc5[nH]4)CC3)cc2o1. The summed E-state index contributed by atoms with van der Waals surface area (Å²) in [5.74, 6) is 0.508. The number of piperidine rings is 1. The van der Waals surface area contributed by atoms with Gasteiger partial charge < -0.3 is 9.40 Å². The van der Waals surface area contributed by atoms with Crippen molar-refractivity contribution < 1.29 is 12.8 Å². The zero-order valence-corrected chi connectivity index (χ0v) is 15.7. The van der Waals surface area contributed by atoms with E-state index in [9.17, 15) is 13.2 Å². The average molecular weight is 398 g/mol. The van der Waals surface area contributed by atoms with Crippen molar-refractivity contribution in [1.82, 2.24) is 19.3 Å². The molecule has 144 valence electrons. The quantitative estimate of drug-likeness (QED) is 0.551. The standard InChI is InChI=1S/C19H18N4O4S/c24-19-22-16-6-5-13(11-17(16)27-19)28(25,26)23-9-7-12(8-10-23)18-20-14-3-1-2-4-15(14)21-18/h1-6,11-12H,7-10H2,(H,20,21)(H,22,24). The third-order valence-electron chi connectivity index (χ3n) is 5.28. The Hall–Kier alpha value is -2.91. The Balaban J connectivity index is 1.36. The summed E-state index contributed by atoms with van der Waals surface area (Å²) >= 11 is 0. The number of sulfonamides is 1. The number of hydrogen-bond acceptors (Lipinski definition) is 5. The van der Waals surface area contributed by atoms with Gasteiger partial charge in [0.1, 0.15) is 5.82 Å². The van der Waals surface area contributed by atoms with E-state index in [2.05, 4.69) is 15.0 Å². The number of para-hydroxylation sites is 2. The monoisotopic (exact) mass is 398 g/mol. The van der Waals surface area contributed by atoms with Crippen molar-refractivity contribution in [1.29, 1.82) is 0 Å². The third kappa shape index (κ3) is 2.83. The lowest BCUT2D eigenvalue weighted by Gasteiger charge is -2.30. The summed E-state index contributed by atoms with van der Waals surface area (Å²) in [6.07, 6.45) is 1.39. The second-order valence-corrected chi connectivity index (χ2v) is 8.93. The first-order valence-electron chi connectivity index (χ1n) is 9.08. The second kappa shape index (κ2) is 6.32. The van der Waals surface area contributed by atoms with Gasteiger partial charge in [-0.2, -0.15) is 4.31 Å². The van der Waals surface area contributed by atoms with Crippen LogP contribution in [0.25, 0.3) is 22.1 Å². The van der Waals surface area contributed by atoms with Crippen LogP contribution in [0.2, 0.25) is 0 Å². The van der Waals surface area contributed by atoms with E-state index in [1.807, 2.05) is 24.3 Å². The largest absolute Gasteiger partial charge is 0.417 e. The van der Waals surface area contributed by atoms with Gasteiger partial charge in [-0.3, -0.25) is 4.98 Å². The minimum atomic E-state index is -3.65. The molecule has 0 spiro atoms. The lowest BCUT2D eigenvalue weighted by molar-refractivity contribution is 0.314. The number of hydrogen-bond donors (Lipinski definition) is 2. The molecule has 9 heteroatoms. The Morgan fingerprint density at radius 2 is 1.82 bits per heavy atom. The maximum Gasteiger partial charge on any atom is 0.417 e. The number of benzene rings is 2. The smallest absolute Gasteiger partial charge is 0.408 e. The van der Waals surface area contributed by atoms with Crippen LogP contribution in [-0.2, 0) is 10.0 Å². The molecule has 5 rings (SSSR count). The molecule has 0 radical (unpaired) electrons. The van der Waals surface area contributed by atoms with E-state index in [-0.39, 0.29) is 16.4 Å². The van der Waals surface area contributed by atoms with Gasteiger partial charge in [0.05, 0.1) is 21.4 Å². The molecule has 4 aromatic rings. The predicted octanol–water partition coefficient (Wildman–Crippen LogP) is 2.57. The molecule has 0 aliphatic carbocycles. The highest BCUT2D eigenvalue weighted by atomic mass is 32.2. The highest BCUT2D eigenvalue weighted by Crippen LogP contribution is 2.31. The van der Waals surface area contributed by atoms with E-state index in [0.717, 1.165) is 16.9 Å². The molecule has 3 heterocycles. The van der Waals surface area contributed by atoms with Crippen LogP contribution < -0.4 is 5.76 Å². The molecule has 0 amide bonds. The van der Waals surface area contributed by atoms with Crippen LogP contribution in [-0.4, -0.2) is 40.8 Å². The summed E-state index contributed by atoms with van der Waals surface area (Å²) in [6.45, 7) is 0.832. The van der Waals surface area contributed by atoms with E-state index in [0.29, 0.717) is 31.4 Å². The van der Waals surface area contributed by atoms with Crippen LogP contribution in [0.1, 0.15) is 24.6 Å². The van der Waals surface area contributed by atoms with Crippen molar-refractivity contribution in [2.75, 3.05) is 13.1 Å². The molecule has 2 N–H and O–H groups in total. The summed E-state index contributed by atoms with van der Waals surface area (Å²) in [7, 11) is -3.65. The summed E-state index contributed by atoms with van der Waals surface area (Å²) in [5, 5.41) is 0. The fourth-order valence-corrected chi connectivity index (χ4v) is 5.26. The van der Waals surface area contributed by atoms with Crippen molar-refractivity contribution in [3.05, 3.63) is 58.8 Å². The topological polar surface area (TPSA) is 112 Å². The van der Waals surface area contributed by atoms with Gasteiger partial charge >= 0.3 is 5.76 Å². The van der Waals surface area contributed by atoms with Gasteiger partial charge in [-0.15, -0.1) is 0 Å². The zero-order chi connectivity index (χ0) is 19.3. The van der Waals surface area contributed by atoms with Crippen LogP contribution in [0.3, 0.4) is 0 Å². The minimum absolute atomic E-state index is 0.130. The highest BCUT2D eigenvalue weighted by Gasteiger charge is 2.31. The fourth-order valence-electron chi connectivity index (χ4n) is 3.77. The van der Waals surface area contributed by atoms with Gasteiger partial charge in [0, 0.05) is 25.1 Å². The number of H-pyrrole nitrogens is 2. The molecule has 2 aromatic heterocycles. The normalized spacial score (nSPS) is 16.9. The van der Waals surface area contributed by atoms with E-state index in [1.54, 1.807) is 6.07 Å². The van der Waals surface area contributed by atoms with E-state index >= 15 is 0 Å². The number of aromatic nitrogens is 3. The highest BCUT2D eigenvalue weighted by molar-refractivity contribution is 7.89. The van der Waals surface area contributed by atoms with E-state index in [4.69, 9.17) is 4.42 Å². The molecule has 0 saturated carbocycles. The Bertz CT molecular complexity index is 1290. The number of nitrogens with zero attached hydrogens (tertiary/aromatic N) is 2. The average Bonchev–Trinajstić information content (AvgIpc) is 3.29. The molecule has 8 nitrogen and oxygen atoms in total. The first kappa shape index (κ1) is 17.2. The van der Waals surface area contributed by atoms with Crippen molar-refractivity contribution in [2.24, 2.45) is 0 Å². The van der Waals surface area contributed by atoms with Crippen molar-refractivity contribution >= 4 is 32.2 Å². The van der Waals surface area contributed by atoms with Crippen LogP contribution in [0.15, 0.2) is 56.6 Å². The van der Waals surface area contributed by atoms with E-state index in [1.165, 1.54) is 16.4 Å². The number of fused-ring (bicyclic) bond motifs is 2. The molecule has 0 bridgehead atoms. The molecular weight excluding hydrogens is 380 g/mol. The van der Waals surface area contributed by atoms with Gasteiger partial charge in [-0.25, -0.2) is 18.2 Å². The molecule has 0 unspecified atom stereocenters. The number of rotatable bonds is 3. The summed E-state index contributed by atoms with van der Waals surface area (Å²) in [5.41, 5.74) is 2.64. The molecule has 28 heavy (non-hydrogen) atoms. The van der Waals surface area contributed by atoms with Crippen molar-refractivity contribution in [3.63, 3.8) is 0 Å². The molecule has 2 aromatic carbocycles. The number of aromatic amines is 2.